The quantitative estimate of drug-likeness (QED) is 0.786. The van der Waals surface area contributed by atoms with Crippen LogP contribution in [0.25, 0.3) is 11.4 Å². The summed E-state index contributed by atoms with van der Waals surface area (Å²) in [5.41, 5.74) is 7.38. The van der Waals surface area contributed by atoms with Crippen molar-refractivity contribution in [1.29, 1.82) is 0 Å². The second-order valence-electron chi connectivity index (χ2n) is 6.77. The minimum absolute atomic E-state index is 0.00132. The van der Waals surface area contributed by atoms with Gasteiger partial charge >= 0.3 is 0 Å². The summed E-state index contributed by atoms with van der Waals surface area (Å²) in [5, 5.41) is 10.3. The first kappa shape index (κ1) is 16.6. The number of carbonyl (C=O) groups is 1. The van der Waals surface area contributed by atoms with Crippen molar-refractivity contribution < 1.29 is 4.79 Å². The Labute approximate surface area is 142 Å². The Kier molecular flexibility index (Phi) is 4.94. The lowest BCUT2D eigenvalue weighted by atomic mass is 9.95. The summed E-state index contributed by atoms with van der Waals surface area (Å²) < 4.78 is 0. The van der Waals surface area contributed by atoms with Crippen LogP contribution in [0.3, 0.4) is 0 Å². The number of amides is 1. The SMILES string of the molecule is CC(C)c1nc(-c2ccccc2NC(=O)[C@@H]2CCC[C@@H]2CN)n[nH]1. The first-order chi connectivity index (χ1) is 11.6. The Bertz CT molecular complexity index is 709. The molecular weight excluding hydrogens is 302 g/mol. The molecule has 1 saturated carbocycles. The molecule has 1 amide bonds. The summed E-state index contributed by atoms with van der Waals surface area (Å²) in [6.07, 6.45) is 3.02. The normalized spacial score (nSPS) is 20.5. The average Bonchev–Trinajstić information content (AvgIpc) is 3.24. The van der Waals surface area contributed by atoms with Crippen LogP contribution in [0.4, 0.5) is 5.69 Å². The topological polar surface area (TPSA) is 96.7 Å². The van der Waals surface area contributed by atoms with Crippen LogP contribution in [0.5, 0.6) is 0 Å². The van der Waals surface area contributed by atoms with Crippen LogP contribution in [0, 0.1) is 11.8 Å². The van der Waals surface area contributed by atoms with E-state index in [-0.39, 0.29) is 23.7 Å². The van der Waals surface area contributed by atoms with Crippen molar-refractivity contribution in [2.75, 3.05) is 11.9 Å². The highest BCUT2D eigenvalue weighted by atomic mass is 16.1. The van der Waals surface area contributed by atoms with Gasteiger partial charge in [0.05, 0.1) is 5.69 Å². The highest BCUT2D eigenvalue weighted by molar-refractivity contribution is 5.96. The summed E-state index contributed by atoms with van der Waals surface area (Å²) in [4.78, 5) is 17.2. The van der Waals surface area contributed by atoms with E-state index in [1.807, 2.05) is 24.3 Å². The summed E-state index contributed by atoms with van der Waals surface area (Å²) in [6, 6.07) is 7.65. The molecule has 1 heterocycles. The molecule has 3 rings (SSSR count). The molecule has 1 aromatic carbocycles. The number of rotatable bonds is 5. The number of para-hydroxylation sites is 1. The van der Waals surface area contributed by atoms with E-state index in [2.05, 4.69) is 34.3 Å². The van der Waals surface area contributed by atoms with E-state index in [1.54, 1.807) is 0 Å². The molecule has 4 N–H and O–H groups in total. The first-order valence-corrected chi connectivity index (χ1v) is 8.62. The zero-order valence-electron chi connectivity index (χ0n) is 14.2. The van der Waals surface area contributed by atoms with E-state index in [1.165, 1.54) is 0 Å². The molecule has 0 spiro atoms. The summed E-state index contributed by atoms with van der Waals surface area (Å²) in [5.74, 6) is 2.06. The number of carbonyl (C=O) groups excluding carboxylic acids is 1. The molecule has 1 fully saturated rings. The maximum absolute atomic E-state index is 12.7. The van der Waals surface area contributed by atoms with Crippen molar-refractivity contribution in [3.63, 3.8) is 0 Å². The molecule has 0 saturated heterocycles. The zero-order valence-corrected chi connectivity index (χ0v) is 14.2. The van der Waals surface area contributed by atoms with Crippen molar-refractivity contribution in [2.24, 2.45) is 17.6 Å². The third-order valence-corrected chi connectivity index (χ3v) is 4.77. The maximum atomic E-state index is 12.7. The lowest BCUT2D eigenvalue weighted by Gasteiger charge is -2.18. The smallest absolute Gasteiger partial charge is 0.227 e. The standard InChI is InChI=1S/C18H25N5O/c1-11(2)16-21-17(23-22-16)14-7-3-4-9-15(14)20-18(24)13-8-5-6-12(13)10-19/h3-4,7,9,11-13H,5-6,8,10,19H2,1-2H3,(H,20,24)(H,21,22,23)/t12-,13-/m1/s1. The fourth-order valence-electron chi connectivity index (χ4n) is 3.33. The number of hydrogen-bond acceptors (Lipinski definition) is 4. The molecule has 1 aromatic heterocycles. The van der Waals surface area contributed by atoms with Crippen LogP contribution in [-0.2, 0) is 4.79 Å². The van der Waals surface area contributed by atoms with E-state index in [0.29, 0.717) is 12.4 Å². The van der Waals surface area contributed by atoms with E-state index in [4.69, 9.17) is 5.73 Å². The molecule has 0 aliphatic heterocycles. The highest BCUT2D eigenvalue weighted by Gasteiger charge is 2.32. The Balaban J connectivity index is 1.82. The lowest BCUT2D eigenvalue weighted by Crippen LogP contribution is -2.29. The van der Waals surface area contributed by atoms with Crippen LogP contribution >= 0.6 is 0 Å². The third-order valence-electron chi connectivity index (χ3n) is 4.77. The number of aromatic nitrogens is 3. The predicted molar refractivity (Wildman–Crippen MR) is 94.4 cm³/mol. The highest BCUT2D eigenvalue weighted by Crippen LogP contribution is 2.33. The van der Waals surface area contributed by atoms with Crippen molar-refractivity contribution in [2.45, 2.75) is 39.0 Å². The molecule has 2 atom stereocenters. The van der Waals surface area contributed by atoms with Gasteiger partial charge in [-0.25, -0.2) is 4.98 Å². The summed E-state index contributed by atoms with van der Waals surface area (Å²) in [6.45, 7) is 4.69. The molecule has 0 radical (unpaired) electrons. The van der Waals surface area contributed by atoms with Crippen LogP contribution in [0.2, 0.25) is 0 Å². The molecule has 6 nitrogen and oxygen atoms in total. The van der Waals surface area contributed by atoms with Gasteiger partial charge in [-0.2, -0.15) is 5.10 Å². The minimum Gasteiger partial charge on any atom is -0.330 e. The van der Waals surface area contributed by atoms with Gasteiger partial charge in [0, 0.05) is 17.4 Å². The zero-order chi connectivity index (χ0) is 17.1. The second kappa shape index (κ2) is 7.13. The van der Waals surface area contributed by atoms with Gasteiger partial charge in [0.1, 0.15) is 5.82 Å². The summed E-state index contributed by atoms with van der Waals surface area (Å²) in [7, 11) is 0. The van der Waals surface area contributed by atoms with Gasteiger partial charge in [0.2, 0.25) is 5.91 Å². The monoisotopic (exact) mass is 327 g/mol. The third kappa shape index (κ3) is 3.33. The largest absolute Gasteiger partial charge is 0.330 e. The van der Waals surface area contributed by atoms with Gasteiger partial charge in [-0.05, 0) is 37.4 Å². The number of anilines is 1. The Morgan fingerprint density at radius 2 is 2.17 bits per heavy atom. The van der Waals surface area contributed by atoms with Crippen LogP contribution in [-0.4, -0.2) is 27.6 Å². The van der Waals surface area contributed by atoms with Crippen LogP contribution < -0.4 is 11.1 Å². The molecule has 1 aliphatic carbocycles. The van der Waals surface area contributed by atoms with Crippen molar-refractivity contribution in [1.82, 2.24) is 15.2 Å². The summed E-state index contributed by atoms with van der Waals surface area (Å²) >= 11 is 0. The van der Waals surface area contributed by atoms with Crippen molar-refractivity contribution in [3.8, 4) is 11.4 Å². The fraction of sp³-hybridized carbons (Fsp3) is 0.500. The van der Waals surface area contributed by atoms with E-state index >= 15 is 0 Å². The number of nitrogens with zero attached hydrogens (tertiary/aromatic N) is 2. The second-order valence-corrected chi connectivity index (χ2v) is 6.77. The number of nitrogens with two attached hydrogens (primary N) is 1. The average molecular weight is 327 g/mol. The van der Waals surface area contributed by atoms with Gasteiger partial charge in [0.15, 0.2) is 5.82 Å². The number of nitrogens with one attached hydrogen (secondary N) is 2. The van der Waals surface area contributed by atoms with Gasteiger partial charge < -0.3 is 11.1 Å². The van der Waals surface area contributed by atoms with Crippen LogP contribution in [0.1, 0.15) is 44.9 Å². The minimum atomic E-state index is 0.00132. The Morgan fingerprint density at radius 3 is 2.88 bits per heavy atom. The number of hydrogen-bond donors (Lipinski definition) is 3. The van der Waals surface area contributed by atoms with Gasteiger partial charge in [-0.3, -0.25) is 9.89 Å². The van der Waals surface area contributed by atoms with Crippen LogP contribution in [0.15, 0.2) is 24.3 Å². The fourth-order valence-corrected chi connectivity index (χ4v) is 3.33. The van der Waals surface area contributed by atoms with Gasteiger partial charge in [0.25, 0.3) is 0 Å². The Hall–Kier alpha value is -2.21. The molecule has 1 aliphatic rings. The molecule has 2 aromatic rings. The van der Waals surface area contributed by atoms with Crippen molar-refractivity contribution in [3.05, 3.63) is 30.1 Å². The Morgan fingerprint density at radius 1 is 1.38 bits per heavy atom. The molecule has 0 unspecified atom stereocenters. The maximum Gasteiger partial charge on any atom is 0.227 e. The molecule has 6 heteroatoms. The molecule has 128 valence electrons. The van der Waals surface area contributed by atoms with E-state index < -0.39 is 0 Å². The van der Waals surface area contributed by atoms with Crippen molar-refractivity contribution >= 4 is 11.6 Å². The van der Waals surface area contributed by atoms with Gasteiger partial charge in [-0.15, -0.1) is 0 Å². The number of H-pyrrole nitrogens is 1. The predicted octanol–water partition coefficient (Wildman–Crippen LogP) is 2.91. The van der Waals surface area contributed by atoms with E-state index in [0.717, 1.165) is 36.3 Å². The van der Waals surface area contributed by atoms with Gasteiger partial charge in [-0.1, -0.05) is 32.4 Å². The lowest BCUT2D eigenvalue weighted by molar-refractivity contribution is -0.120. The molecule has 0 bridgehead atoms. The number of benzene rings is 1. The molecular formula is C18H25N5O. The first-order valence-electron chi connectivity index (χ1n) is 8.62. The molecule has 24 heavy (non-hydrogen) atoms. The number of aromatic amines is 1. The van der Waals surface area contributed by atoms with E-state index in [9.17, 15) is 4.79 Å².